The number of nitrogens with one attached hydrogen (secondary N) is 2. The maximum atomic E-state index is 12.5. The molecule has 8 nitrogen and oxygen atoms in total. The Morgan fingerprint density at radius 1 is 0.453 bits per heavy atom. The summed E-state index contributed by atoms with van der Waals surface area (Å²) in [5.74, 6) is 1.87. The van der Waals surface area contributed by atoms with Crippen molar-refractivity contribution in [3.05, 3.63) is 115 Å². The fourth-order valence-electron chi connectivity index (χ4n) is 8.33. The summed E-state index contributed by atoms with van der Waals surface area (Å²) < 4.78 is 13.6. The molecule has 1 aliphatic rings. The number of phenolic OH excluding ortho intramolecular Hbond substituents is 2. The summed E-state index contributed by atoms with van der Waals surface area (Å²) in [5.41, 5.74) is 10.4. The van der Waals surface area contributed by atoms with E-state index in [2.05, 4.69) is 142 Å². The molecular weight excluding hydrogens is 797 g/mol. The average Bonchev–Trinajstić information content (AvgIpc) is 3.17. The number of phenols is 2. The van der Waals surface area contributed by atoms with Gasteiger partial charge in [0.25, 0.3) is 0 Å². The third kappa shape index (κ3) is 12.6. The highest BCUT2D eigenvalue weighted by atomic mass is 16.5. The summed E-state index contributed by atoms with van der Waals surface area (Å²) in [6.45, 7) is 31.6. The number of aromatic hydroxyl groups is 2. The van der Waals surface area contributed by atoms with Gasteiger partial charge >= 0.3 is 0 Å². The Balaban J connectivity index is 1.85. The zero-order valence-electron chi connectivity index (χ0n) is 41.6. The Kier molecular flexibility index (Phi) is 15.7. The SMILES string of the molecule is CCCC(=O)NCCOc1c2cc(C(C)(C)C)cc1Cc1cc(C(C)(C)C)cc(c1O)Cc1cc(C(C)(C)C)cc(c1OCCNC(=O)CCC)Cc1cc(C(C)(C)C)cc(c1O)C2. The molecule has 0 unspecified atom stereocenters. The largest absolute Gasteiger partial charge is 0.507 e. The molecule has 1 aliphatic carbocycles. The number of benzene rings is 4. The fraction of sp³-hybridized carbons (Fsp3) is 0.536. The van der Waals surface area contributed by atoms with Gasteiger partial charge in [0.2, 0.25) is 11.8 Å². The van der Waals surface area contributed by atoms with Crippen LogP contribution in [0, 0.1) is 0 Å². The molecule has 4 aromatic rings. The Labute approximate surface area is 385 Å². The van der Waals surface area contributed by atoms with Crippen LogP contribution in [0.15, 0.2) is 48.5 Å². The van der Waals surface area contributed by atoms with Crippen LogP contribution in [0.25, 0.3) is 0 Å². The van der Waals surface area contributed by atoms with E-state index >= 15 is 0 Å². The van der Waals surface area contributed by atoms with Crippen LogP contribution in [-0.4, -0.2) is 48.3 Å². The molecule has 0 spiro atoms. The number of hydrogen-bond acceptors (Lipinski definition) is 6. The number of hydrogen-bond donors (Lipinski definition) is 4. The Morgan fingerprint density at radius 3 is 0.906 bits per heavy atom. The topological polar surface area (TPSA) is 117 Å². The first-order valence-electron chi connectivity index (χ1n) is 23.6. The number of rotatable bonds is 12. The van der Waals surface area contributed by atoms with Gasteiger partial charge in [0.1, 0.15) is 36.2 Å². The van der Waals surface area contributed by atoms with Gasteiger partial charge in [-0.25, -0.2) is 0 Å². The predicted molar refractivity (Wildman–Crippen MR) is 262 cm³/mol. The van der Waals surface area contributed by atoms with Gasteiger partial charge in [-0.15, -0.1) is 0 Å². The van der Waals surface area contributed by atoms with Gasteiger partial charge in [-0.2, -0.15) is 0 Å². The minimum Gasteiger partial charge on any atom is -0.507 e. The lowest BCUT2D eigenvalue weighted by Gasteiger charge is -2.28. The van der Waals surface area contributed by atoms with E-state index in [4.69, 9.17) is 9.47 Å². The second-order valence-corrected chi connectivity index (χ2v) is 22.1. The van der Waals surface area contributed by atoms with Gasteiger partial charge in [-0.1, -0.05) is 145 Å². The van der Waals surface area contributed by atoms with Crippen molar-refractivity contribution in [2.24, 2.45) is 0 Å². The standard InChI is InChI=1S/C56H78N2O6/c1-15-17-47(59)57-19-21-63-51-39-23-35-27-43(53(3,4)5)29-37(49(35)61)25-41-33-46(56(12,13)14)34-42(52(41)64-22-20-58-48(60)18-16-2)26-38-30-44(54(6,7)8)28-36(50(38)62)24-40(51)32-45(31-39)55(9,10)11/h27-34,61-62H,15-26H2,1-14H3,(H,57,59)(H,58,60). The van der Waals surface area contributed by atoms with Crippen LogP contribution >= 0.6 is 0 Å². The number of amides is 2. The summed E-state index contributed by atoms with van der Waals surface area (Å²) in [4.78, 5) is 25.0. The lowest BCUT2D eigenvalue weighted by atomic mass is 9.79. The molecule has 5 rings (SSSR count). The third-order valence-corrected chi connectivity index (χ3v) is 12.3. The van der Waals surface area contributed by atoms with E-state index < -0.39 is 0 Å². The number of ether oxygens (including phenoxy) is 2. The maximum absolute atomic E-state index is 12.5. The zero-order valence-corrected chi connectivity index (χ0v) is 41.6. The third-order valence-electron chi connectivity index (χ3n) is 12.3. The van der Waals surface area contributed by atoms with Crippen LogP contribution < -0.4 is 20.1 Å². The van der Waals surface area contributed by atoms with Gasteiger partial charge in [-0.05, 0) is 101 Å². The first-order valence-corrected chi connectivity index (χ1v) is 23.6. The van der Waals surface area contributed by atoms with Crippen molar-refractivity contribution in [2.45, 2.75) is 170 Å². The second kappa shape index (κ2) is 20.0. The van der Waals surface area contributed by atoms with Crippen LogP contribution in [0.4, 0.5) is 0 Å². The molecule has 4 aromatic carbocycles. The van der Waals surface area contributed by atoms with E-state index in [0.29, 0.717) is 63.1 Å². The van der Waals surface area contributed by atoms with Crippen molar-refractivity contribution in [1.29, 1.82) is 0 Å². The highest BCUT2D eigenvalue weighted by molar-refractivity contribution is 5.76. The van der Waals surface area contributed by atoms with Crippen LogP contribution in [0.5, 0.6) is 23.0 Å². The number of carbonyl (C=O) groups is 2. The van der Waals surface area contributed by atoms with E-state index in [0.717, 1.165) is 79.6 Å². The fourth-order valence-corrected chi connectivity index (χ4v) is 8.33. The van der Waals surface area contributed by atoms with Crippen LogP contribution in [0.2, 0.25) is 0 Å². The highest BCUT2D eigenvalue weighted by Crippen LogP contribution is 2.43. The summed E-state index contributed by atoms with van der Waals surface area (Å²) in [6.07, 6.45) is 4.02. The monoisotopic (exact) mass is 875 g/mol. The first kappa shape index (κ1) is 50.0. The number of carbonyl (C=O) groups excluding carboxylic acids is 2. The summed E-state index contributed by atoms with van der Waals surface area (Å²) in [5, 5.41) is 31.1. The van der Waals surface area contributed by atoms with Crippen LogP contribution in [-0.2, 0) is 56.9 Å². The van der Waals surface area contributed by atoms with E-state index in [1.807, 2.05) is 13.8 Å². The molecule has 0 aromatic heterocycles. The van der Waals surface area contributed by atoms with E-state index in [-0.39, 0.29) is 58.2 Å². The lowest BCUT2D eigenvalue weighted by molar-refractivity contribution is -0.122. The van der Waals surface area contributed by atoms with Gasteiger partial charge in [-0.3, -0.25) is 9.59 Å². The van der Waals surface area contributed by atoms with Crippen molar-refractivity contribution < 1.29 is 29.3 Å². The van der Waals surface area contributed by atoms with Gasteiger partial charge < -0.3 is 30.3 Å². The average molecular weight is 875 g/mol. The van der Waals surface area contributed by atoms with E-state index in [9.17, 15) is 19.8 Å². The molecule has 8 bridgehead atoms. The second-order valence-electron chi connectivity index (χ2n) is 22.1. The Hall–Kier alpha value is -4.98. The first-order chi connectivity index (χ1) is 29.8. The smallest absolute Gasteiger partial charge is 0.220 e. The molecule has 348 valence electrons. The predicted octanol–water partition coefficient (Wildman–Crippen LogP) is 11.6. The molecule has 0 heterocycles. The molecule has 2 amide bonds. The quantitative estimate of drug-likeness (QED) is 0.0928. The molecule has 0 atom stereocenters. The van der Waals surface area contributed by atoms with Crippen LogP contribution in [0.3, 0.4) is 0 Å². The normalized spacial score (nSPS) is 13.3. The van der Waals surface area contributed by atoms with Crippen molar-refractivity contribution in [3.8, 4) is 23.0 Å². The van der Waals surface area contributed by atoms with Crippen molar-refractivity contribution in [3.63, 3.8) is 0 Å². The maximum Gasteiger partial charge on any atom is 0.220 e. The van der Waals surface area contributed by atoms with Crippen LogP contribution in [0.1, 0.15) is 189 Å². The van der Waals surface area contributed by atoms with Crippen molar-refractivity contribution in [2.75, 3.05) is 26.3 Å². The summed E-state index contributed by atoms with van der Waals surface area (Å²) in [7, 11) is 0. The molecule has 8 heteroatoms. The van der Waals surface area contributed by atoms with Gasteiger partial charge in [0, 0.05) is 38.5 Å². The molecule has 0 aliphatic heterocycles. The lowest BCUT2D eigenvalue weighted by Crippen LogP contribution is -2.28. The molecular formula is C56H78N2O6. The molecule has 0 saturated carbocycles. The molecule has 0 saturated heterocycles. The zero-order chi connectivity index (χ0) is 47.4. The minimum atomic E-state index is -0.230. The Morgan fingerprint density at radius 2 is 0.688 bits per heavy atom. The molecule has 0 radical (unpaired) electrons. The highest BCUT2D eigenvalue weighted by Gasteiger charge is 2.28. The number of fused-ring (bicyclic) bond motifs is 8. The molecule has 0 fully saturated rings. The molecule has 64 heavy (non-hydrogen) atoms. The Bertz CT molecular complexity index is 2050. The van der Waals surface area contributed by atoms with Gasteiger partial charge in [0.05, 0.1) is 13.1 Å². The summed E-state index contributed by atoms with van der Waals surface area (Å²) >= 11 is 0. The summed E-state index contributed by atoms with van der Waals surface area (Å²) in [6, 6.07) is 17.4. The van der Waals surface area contributed by atoms with Crippen molar-refractivity contribution >= 4 is 11.8 Å². The van der Waals surface area contributed by atoms with Gasteiger partial charge in [0.15, 0.2) is 0 Å². The van der Waals surface area contributed by atoms with E-state index in [1.165, 1.54) is 0 Å². The van der Waals surface area contributed by atoms with E-state index in [1.54, 1.807) is 0 Å². The van der Waals surface area contributed by atoms with Crippen molar-refractivity contribution in [1.82, 2.24) is 10.6 Å². The molecule has 4 N–H and O–H groups in total. The minimum absolute atomic E-state index is 0.00396.